The minimum absolute atomic E-state index is 0.00707. The average molecular weight is 406 g/mol. The number of benzene rings is 2. The number of hydrogen-bond donors (Lipinski definition) is 1. The van der Waals surface area contributed by atoms with Gasteiger partial charge in [-0.1, -0.05) is 18.2 Å². The van der Waals surface area contributed by atoms with Crippen LogP contribution in [-0.4, -0.2) is 36.4 Å². The van der Waals surface area contributed by atoms with Crippen molar-refractivity contribution in [2.75, 3.05) is 18.9 Å². The maximum absolute atomic E-state index is 13.3. The van der Waals surface area contributed by atoms with Crippen LogP contribution >= 0.6 is 0 Å². The molecule has 1 aliphatic rings. The number of esters is 1. The second-order valence-corrected chi connectivity index (χ2v) is 7.01. The summed E-state index contributed by atoms with van der Waals surface area (Å²) in [6.45, 7) is 0.761. The summed E-state index contributed by atoms with van der Waals surface area (Å²) in [5.41, 5.74) is -0.818. The van der Waals surface area contributed by atoms with Crippen LogP contribution in [0.5, 0.6) is 5.75 Å². The van der Waals surface area contributed by atoms with Gasteiger partial charge in [-0.25, -0.2) is 0 Å². The molecule has 5 nitrogen and oxygen atoms in total. The van der Waals surface area contributed by atoms with Crippen molar-refractivity contribution in [3.63, 3.8) is 0 Å². The maximum atomic E-state index is 13.3. The Morgan fingerprint density at radius 1 is 1.17 bits per heavy atom. The molecule has 2 aromatic carbocycles. The SMILES string of the molecule is CN1CCCC1C(=O)Nc1cc(CC(=O)Oc2ccccc2)cc(C(F)(F)F)c1. The molecule has 1 amide bonds. The summed E-state index contributed by atoms with van der Waals surface area (Å²) in [5.74, 6) is -0.743. The zero-order valence-corrected chi connectivity index (χ0v) is 15.8. The highest BCUT2D eigenvalue weighted by Gasteiger charge is 2.32. The van der Waals surface area contributed by atoms with Gasteiger partial charge in [0.25, 0.3) is 0 Å². The summed E-state index contributed by atoms with van der Waals surface area (Å²) >= 11 is 0. The Bertz CT molecular complexity index is 884. The molecule has 8 heteroatoms. The smallest absolute Gasteiger partial charge is 0.416 e. The zero-order valence-electron chi connectivity index (χ0n) is 15.8. The standard InChI is InChI=1S/C21H21F3N2O3/c1-26-9-5-8-18(26)20(28)25-16-11-14(10-15(13-16)21(22,23)24)12-19(27)29-17-6-3-2-4-7-17/h2-4,6-7,10-11,13,18H,5,8-9,12H2,1H3,(H,25,28). The third kappa shape index (κ3) is 5.57. The van der Waals surface area contributed by atoms with E-state index in [0.717, 1.165) is 25.1 Å². The first-order valence-corrected chi connectivity index (χ1v) is 9.20. The van der Waals surface area contributed by atoms with Crippen LogP contribution in [0.15, 0.2) is 48.5 Å². The monoisotopic (exact) mass is 406 g/mol. The van der Waals surface area contributed by atoms with E-state index in [1.165, 1.54) is 6.07 Å². The third-order valence-electron chi connectivity index (χ3n) is 4.73. The Balaban J connectivity index is 1.78. The van der Waals surface area contributed by atoms with Gasteiger partial charge in [0.1, 0.15) is 5.75 Å². The van der Waals surface area contributed by atoms with E-state index in [1.807, 2.05) is 4.90 Å². The topological polar surface area (TPSA) is 58.6 Å². The van der Waals surface area contributed by atoms with Crippen LogP contribution in [0.1, 0.15) is 24.0 Å². The molecule has 154 valence electrons. The first-order chi connectivity index (χ1) is 13.7. The number of carbonyl (C=O) groups excluding carboxylic acids is 2. The van der Waals surface area contributed by atoms with Crippen LogP contribution in [0.3, 0.4) is 0 Å². The molecule has 1 N–H and O–H groups in total. The van der Waals surface area contributed by atoms with E-state index < -0.39 is 17.7 Å². The van der Waals surface area contributed by atoms with E-state index >= 15 is 0 Å². The molecular formula is C21H21F3N2O3. The van der Waals surface area contributed by atoms with E-state index in [-0.39, 0.29) is 29.6 Å². The Kier molecular flexibility index (Phi) is 6.22. The maximum Gasteiger partial charge on any atom is 0.416 e. The van der Waals surface area contributed by atoms with Crippen molar-refractivity contribution >= 4 is 17.6 Å². The number of likely N-dealkylation sites (tertiary alicyclic amines) is 1. The lowest BCUT2D eigenvalue weighted by atomic mass is 10.1. The van der Waals surface area contributed by atoms with Gasteiger partial charge in [-0.15, -0.1) is 0 Å². The number of likely N-dealkylation sites (N-methyl/N-ethyl adjacent to an activating group) is 1. The van der Waals surface area contributed by atoms with Crippen molar-refractivity contribution < 1.29 is 27.5 Å². The number of ether oxygens (including phenoxy) is 1. The molecule has 29 heavy (non-hydrogen) atoms. The van der Waals surface area contributed by atoms with Gasteiger partial charge < -0.3 is 10.1 Å². The molecule has 0 spiro atoms. The highest BCUT2D eigenvalue weighted by Crippen LogP contribution is 2.32. The molecule has 1 fully saturated rings. The van der Waals surface area contributed by atoms with E-state index in [9.17, 15) is 22.8 Å². The normalized spacial score (nSPS) is 17.2. The number of para-hydroxylation sites is 1. The first kappa shape index (κ1) is 20.9. The van der Waals surface area contributed by atoms with Crippen molar-refractivity contribution in [3.8, 4) is 5.75 Å². The summed E-state index contributed by atoms with van der Waals surface area (Å²) in [6.07, 6.45) is -3.46. The summed E-state index contributed by atoms with van der Waals surface area (Å²) < 4.78 is 45.0. The minimum Gasteiger partial charge on any atom is -0.426 e. The number of amides is 1. The fourth-order valence-corrected chi connectivity index (χ4v) is 3.32. The van der Waals surface area contributed by atoms with Crippen molar-refractivity contribution in [2.45, 2.75) is 31.5 Å². The lowest BCUT2D eigenvalue weighted by Crippen LogP contribution is -2.37. The number of rotatable bonds is 5. The lowest BCUT2D eigenvalue weighted by Gasteiger charge is -2.19. The van der Waals surface area contributed by atoms with Crippen molar-refractivity contribution in [1.82, 2.24) is 4.90 Å². The lowest BCUT2D eigenvalue weighted by molar-refractivity contribution is -0.138. The van der Waals surface area contributed by atoms with Gasteiger partial charge in [-0.3, -0.25) is 14.5 Å². The molecule has 0 aliphatic carbocycles. The quantitative estimate of drug-likeness (QED) is 0.605. The van der Waals surface area contributed by atoms with E-state index in [4.69, 9.17) is 4.74 Å². The Hall–Kier alpha value is -2.87. The number of anilines is 1. The van der Waals surface area contributed by atoms with Crippen LogP contribution in [0, 0.1) is 0 Å². The molecule has 2 aromatic rings. The molecule has 0 radical (unpaired) electrons. The zero-order chi connectivity index (χ0) is 21.0. The molecule has 0 aromatic heterocycles. The minimum atomic E-state index is -4.61. The summed E-state index contributed by atoms with van der Waals surface area (Å²) in [5, 5.41) is 2.56. The number of alkyl halides is 3. The Morgan fingerprint density at radius 3 is 2.52 bits per heavy atom. The molecule has 1 aliphatic heterocycles. The van der Waals surface area contributed by atoms with Gasteiger partial charge in [0.15, 0.2) is 0 Å². The van der Waals surface area contributed by atoms with Gasteiger partial charge in [0.2, 0.25) is 5.91 Å². The predicted octanol–water partition coefficient (Wildman–Crippen LogP) is 3.89. The van der Waals surface area contributed by atoms with Gasteiger partial charge in [0, 0.05) is 5.69 Å². The van der Waals surface area contributed by atoms with Crippen LogP contribution in [0.25, 0.3) is 0 Å². The number of nitrogens with one attached hydrogen (secondary N) is 1. The third-order valence-corrected chi connectivity index (χ3v) is 4.73. The highest BCUT2D eigenvalue weighted by molar-refractivity contribution is 5.95. The largest absolute Gasteiger partial charge is 0.426 e. The predicted molar refractivity (Wildman–Crippen MR) is 102 cm³/mol. The summed E-state index contributed by atoms with van der Waals surface area (Å²) in [4.78, 5) is 26.4. The molecule has 3 rings (SSSR count). The molecular weight excluding hydrogens is 385 g/mol. The van der Waals surface area contributed by atoms with E-state index in [2.05, 4.69) is 5.32 Å². The number of carbonyl (C=O) groups is 2. The van der Waals surface area contributed by atoms with Crippen molar-refractivity contribution in [3.05, 3.63) is 59.7 Å². The van der Waals surface area contributed by atoms with Crippen LogP contribution in [-0.2, 0) is 22.2 Å². The second-order valence-electron chi connectivity index (χ2n) is 7.01. The molecule has 0 bridgehead atoms. The Morgan fingerprint density at radius 2 is 1.90 bits per heavy atom. The van der Waals surface area contributed by atoms with E-state index in [0.29, 0.717) is 12.2 Å². The number of halogens is 3. The summed E-state index contributed by atoms with van der Waals surface area (Å²) in [7, 11) is 1.80. The molecule has 1 heterocycles. The average Bonchev–Trinajstić information content (AvgIpc) is 3.07. The summed E-state index contributed by atoms with van der Waals surface area (Å²) in [6, 6.07) is 11.0. The second kappa shape index (κ2) is 8.65. The van der Waals surface area contributed by atoms with Gasteiger partial charge >= 0.3 is 12.1 Å². The number of nitrogens with zero attached hydrogens (tertiary/aromatic N) is 1. The first-order valence-electron chi connectivity index (χ1n) is 9.20. The molecule has 1 unspecified atom stereocenters. The highest BCUT2D eigenvalue weighted by atomic mass is 19.4. The van der Waals surface area contributed by atoms with E-state index in [1.54, 1.807) is 37.4 Å². The van der Waals surface area contributed by atoms with Gasteiger partial charge in [0.05, 0.1) is 18.0 Å². The van der Waals surface area contributed by atoms with Crippen molar-refractivity contribution in [1.29, 1.82) is 0 Å². The molecule has 1 saturated heterocycles. The Labute approximate surface area is 166 Å². The van der Waals surface area contributed by atoms with Crippen LogP contribution in [0.4, 0.5) is 18.9 Å². The van der Waals surface area contributed by atoms with Crippen LogP contribution in [0.2, 0.25) is 0 Å². The fourth-order valence-electron chi connectivity index (χ4n) is 3.32. The fraction of sp³-hybridized carbons (Fsp3) is 0.333. The van der Waals surface area contributed by atoms with Gasteiger partial charge in [-0.05, 0) is 62.3 Å². The number of hydrogen-bond acceptors (Lipinski definition) is 4. The molecule has 1 atom stereocenters. The van der Waals surface area contributed by atoms with Crippen molar-refractivity contribution in [2.24, 2.45) is 0 Å². The van der Waals surface area contributed by atoms with Crippen LogP contribution < -0.4 is 10.1 Å². The molecule has 0 saturated carbocycles. The van der Waals surface area contributed by atoms with Gasteiger partial charge in [-0.2, -0.15) is 13.2 Å².